The molecule has 0 radical (unpaired) electrons. The van der Waals surface area contributed by atoms with Crippen molar-refractivity contribution in [2.75, 3.05) is 0 Å². The fourth-order valence-electron chi connectivity index (χ4n) is 0. The van der Waals surface area contributed by atoms with Crippen LogP contribution >= 0.6 is 0 Å². The monoisotopic (exact) mass is 324 g/mol. The molecule has 20 heavy (non-hydrogen) atoms. The molecule has 0 aromatic rings. The highest BCUT2D eigenvalue weighted by Crippen LogP contribution is 2.07. The van der Waals surface area contributed by atoms with Gasteiger partial charge in [-0.25, -0.2) is 0 Å². The largest absolute Gasteiger partial charge is 0.673 e. The molecule has 0 aromatic heterocycles. The first-order valence-corrected chi connectivity index (χ1v) is 3.98. The second kappa shape index (κ2) is 13.1. The molecule has 8 nitrogen and oxygen atoms in total. The summed E-state index contributed by atoms with van der Waals surface area (Å²) in [5.74, 6) is 9.33. The zero-order chi connectivity index (χ0) is 17.6. The Balaban J connectivity index is -0.0000000853. The van der Waals surface area contributed by atoms with E-state index in [-0.39, 0.29) is 11.9 Å². The van der Waals surface area contributed by atoms with E-state index in [9.17, 15) is 34.5 Å². The molecule has 14 N–H and O–H groups in total. The minimum absolute atomic E-state index is 0.0324. The summed E-state index contributed by atoms with van der Waals surface area (Å²) < 4.78 is 78.0. The van der Waals surface area contributed by atoms with Crippen molar-refractivity contribution in [3.8, 4) is 0 Å². The van der Waals surface area contributed by atoms with Crippen LogP contribution in [0.2, 0.25) is 0 Å². The van der Waals surface area contributed by atoms with Gasteiger partial charge in [0, 0.05) is 0 Å². The van der Waals surface area contributed by atoms with Gasteiger partial charge in [-0.15, -0.1) is 0 Å². The summed E-state index contributed by atoms with van der Waals surface area (Å²) in [6.45, 7) is 0. The molecule has 0 aliphatic carbocycles. The molecular formula is C2H14B2F8N8. The fourth-order valence-corrected chi connectivity index (χ4v) is 0. The smallest absolute Gasteiger partial charge is 0.418 e. The minimum atomic E-state index is -6.00. The third kappa shape index (κ3) is 1160. The van der Waals surface area contributed by atoms with Gasteiger partial charge in [0.2, 0.25) is 0 Å². The van der Waals surface area contributed by atoms with Crippen LogP contribution in [0, 0.1) is 0 Å². The molecule has 0 amide bonds. The Bertz CT molecular complexity index is 225. The summed E-state index contributed by atoms with van der Waals surface area (Å²) in [7, 11) is -12.0. The lowest BCUT2D eigenvalue weighted by molar-refractivity contribution is -0.471. The molecular weight excluding hydrogens is 310 g/mol. The topological polar surface area (TPSA) is 184 Å². The summed E-state index contributed by atoms with van der Waals surface area (Å²) in [4.78, 5) is 0. The highest BCUT2D eigenvalue weighted by molar-refractivity contribution is 6.50. The molecule has 0 spiro atoms. The van der Waals surface area contributed by atoms with Crippen molar-refractivity contribution in [1.82, 2.24) is 0 Å². The fraction of sp³-hybridized carbons (Fsp3) is 0. The predicted molar refractivity (Wildman–Crippen MR) is 57.4 cm³/mol. The van der Waals surface area contributed by atoms with Crippen LogP contribution in [-0.4, -0.2) is 26.4 Å². The quantitative estimate of drug-likeness (QED) is 0.0551. The third-order valence-corrected chi connectivity index (χ3v) is 0.333. The summed E-state index contributed by atoms with van der Waals surface area (Å²) in [6, 6.07) is 0. The lowest BCUT2D eigenvalue weighted by Crippen LogP contribution is -2.84. The molecule has 0 heterocycles. The van der Waals surface area contributed by atoms with Gasteiger partial charge in [-0.2, -0.15) is 10.2 Å². The predicted octanol–water partition coefficient (Wildman–Crippen LogP) is -4.97. The van der Waals surface area contributed by atoms with Crippen molar-refractivity contribution in [3.63, 3.8) is 0 Å². The summed E-state index contributed by atoms with van der Waals surface area (Å²) in [5.41, 5.74) is 19.0. The highest BCUT2D eigenvalue weighted by Gasteiger charge is 2.21. The molecule has 0 aliphatic heterocycles. The highest BCUT2D eigenvalue weighted by atomic mass is 19.5. The Kier molecular flexibility index (Phi) is 17.3. The zero-order valence-electron chi connectivity index (χ0n) is 9.64. The first kappa shape index (κ1) is 26.3. The van der Waals surface area contributed by atoms with Crippen LogP contribution in [0.15, 0.2) is 0 Å². The van der Waals surface area contributed by atoms with Crippen molar-refractivity contribution in [3.05, 3.63) is 0 Å². The van der Waals surface area contributed by atoms with Crippen molar-refractivity contribution < 1.29 is 44.7 Å². The molecule has 124 valence electrons. The third-order valence-electron chi connectivity index (χ3n) is 0.333. The van der Waals surface area contributed by atoms with E-state index in [1.54, 1.807) is 0 Å². The number of nitrogens with one attached hydrogen (secondary N) is 2. The van der Waals surface area contributed by atoms with E-state index in [1.807, 2.05) is 10.2 Å². The van der Waals surface area contributed by atoms with Gasteiger partial charge in [-0.3, -0.25) is 34.6 Å². The number of halogens is 8. The van der Waals surface area contributed by atoms with Crippen LogP contribution in [-0.2, 0) is 0 Å². The van der Waals surface area contributed by atoms with Crippen LogP contribution in [0.4, 0.5) is 34.5 Å². The molecule has 0 aliphatic rings. The summed E-state index contributed by atoms with van der Waals surface area (Å²) >= 11 is 0. The lowest BCUT2D eigenvalue weighted by Gasteiger charge is -1.94. The number of nitrogens with two attached hydrogens (primary N) is 6. The lowest BCUT2D eigenvalue weighted by atomic mass is 10.3. The number of hydrazine groups is 2. The van der Waals surface area contributed by atoms with E-state index in [0.29, 0.717) is 0 Å². The normalized spacial score (nSPS) is 9.20. The van der Waals surface area contributed by atoms with E-state index in [0.717, 1.165) is 0 Å². The van der Waals surface area contributed by atoms with Crippen LogP contribution in [0.25, 0.3) is 0 Å². The summed E-state index contributed by atoms with van der Waals surface area (Å²) in [6.07, 6.45) is 0. The standard InChI is InChI=1S/2CH6N4.2BF4/c2*2-1(3)5-4;2*2-1(3,4)5/h2*4H2,(H4,2,3,5);;/q;;2*-1/p+2. The van der Waals surface area contributed by atoms with Gasteiger partial charge in [0.05, 0.1) is 0 Å². The second-order valence-corrected chi connectivity index (χ2v) is 2.19. The maximum Gasteiger partial charge on any atom is 0.673 e. The van der Waals surface area contributed by atoms with Gasteiger partial charge in [0.15, 0.2) is 0 Å². The molecule has 0 aromatic carbocycles. The Morgan fingerprint density at radius 1 is 0.550 bits per heavy atom. The molecule has 0 unspecified atom stereocenters. The van der Waals surface area contributed by atoms with Crippen molar-refractivity contribution in [2.24, 2.45) is 34.6 Å². The van der Waals surface area contributed by atoms with E-state index in [4.69, 9.17) is 22.9 Å². The second-order valence-electron chi connectivity index (χ2n) is 2.19. The van der Waals surface area contributed by atoms with E-state index in [1.165, 1.54) is 0 Å². The van der Waals surface area contributed by atoms with Gasteiger partial charge in [0.1, 0.15) is 0 Å². The van der Waals surface area contributed by atoms with Gasteiger partial charge in [0.25, 0.3) is 0 Å². The molecule has 0 atom stereocenters. The maximum absolute atomic E-state index is 9.75. The molecule has 0 bridgehead atoms. The number of hydrazone groups is 2. The molecule has 0 saturated carbocycles. The minimum Gasteiger partial charge on any atom is -0.418 e. The summed E-state index contributed by atoms with van der Waals surface area (Å²) in [5, 5.41) is 4.00. The maximum atomic E-state index is 9.75. The molecule has 0 rings (SSSR count). The Labute approximate surface area is 107 Å². The molecule has 0 saturated heterocycles. The average Bonchev–Trinajstić information content (AvgIpc) is 2.13. The molecule has 0 fully saturated rings. The van der Waals surface area contributed by atoms with Gasteiger partial charge >= 0.3 is 26.4 Å². The Hall–Kier alpha value is -2.29. The number of rotatable bonds is 0. The van der Waals surface area contributed by atoms with E-state index in [2.05, 4.69) is 11.7 Å². The van der Waals surface area contributed by atoms with Gasteiger partial charge < -0.3 is 34.5 Å². The van der Waals surface area contributed by atoms with Crippen molar-refractivity contribution in [2.45, 2.75) is 0 Å². The Morgan fingerprint density at radius 2 is 0.600 bits per heavy atom. The van der Waals surface area contributed by atoms with Crippen LogP contribution in [0.3, 0.4) is 0 Å². The number of guanidine groups is 2. The van der Waals surface area contributed by atoms with Crippen LogP contribution < -0.4 is 44.8 Å². The molecule has 18 heteroatoms. The van der Waals surface area contributed by atoms with Crippen molar-refractivity contribution >= 4 is 26.4 Å². The first-order chi connectivity index (χ1) is 8.54. The number of hydrogen-bond donors (Lipinski definition) is 8. The average molecular weight is 324 g/mol. The SMILES string of the molecule is F[B-](F)(F)F.F[B-](F)(F)F.N[NH+]=C(N)N.N[NH+]=C(N)N. The first-order valence-electron chi connectivity index (χ1n) is 3.98. The van der Waals surface area contributed by atoms with Crippen molar-refractivity contribution in [1.29, 1.82) is 0 Å². The van der Waals surface area contributed by atoms with Crippen LogP contribution in [0.1, 0.15) is 0 Å². The number of hydrogen-bond acceptors (Lipinski definition) is 2. The Morgan fingerprint density at radius 3 is 0.600 bits per heavy atom. The zero-order valence-corrected chi connectivity index (χ0v) is 9.64. The van der Waals surface area contributed by atoms with E-state index < -0.39 is 14.5 Å². The van der Waals surface area contributed by atoms with Crippen LogP contribution in [0.5, 0.6) is 0 Å². The van der Waals surface area contributed by atoms with Gasteiger partial charge in [-0.1, -0.05) is 0 Å². The van der Waals surface area contributed by atoms with Gasteiger partial charge in [-0.05, 0) is 0 Å². The van der Waals surface area contributed by atoms with E-state index >= 15 is 0 Å².